The second-order valence-electron chi connectivity index (χ2n) is 8.82. The zero-order valence-corrected chi connectivity index (χ0v) is 16.6. The van der Waals surface area contributed by atoms with Crippen LogP contribution in [0.1, 0.15) is 53.9 Å². The zero-order valence-electron chi connectivity index (χ0n) is 16.6. The largest absolute Gasteiger partial charge is 0.370 e. The van der Waals surface area contributed by atoms with Crippen molar-refractivity contribution in [2.75, 3.05) is 6.54 Å². The van der Waals surface area contributed by atoms with E-state index >= 15 is 0 Å². The van der Waals surface area contributed by atoms with Crippen molar-refractivity contribution in [3.63, 3.8) is 0 Å². The normalized spacial score (nSPS) is 27.9. The Labute approximate surface area is 156 Å². The molecule has 0 bridgehead atoms. The number of carbonyl (C=O) groups excluding carboxylic acids is 2. The third-order valence-electron chi connectivity index (χ3n) is 4.70. The fourth-order valence-corrected chi connectivity index (χ4v) is 3.68. The van der Waals surface area contributed by atoms with Gasteiger partial charge in [-0.3, -0.25) is 19.9 Å². The molecule has 0 unspecified atom stereocenters. The Bertz CT molecular complexity index is 565. The highest BCUT2D eigenvalue weighted by molar-refractivity contribution is 5.93. The van der Waals surface area contributed by atoms with Gasteiger partial charge in [0, 0.05) is 12.1 Å². The fraction of sp³-hybridized carbons (Fsp3) is 0.833. The summed E-state index contributed by atoms with van der Waals surface area (Å²) in [5.74, 6) is 0.578. The molecule has 2 aliphatic rings. The third kappa shape index (κ3) is 5.09. The second-order valence-corrected chi connectivity index (χ2v) is 8.82. The van der Waals surface area contributed by atoms with Gasteiger partial charge < -0.3 is 21.7 Å². The Morgan fingerprint density at radius 3 is 2.54 bits per heavy atom. The number of amides is 2. The van der Waals surface area contributed by atoms with Crippen molar-refractivity contribution in [2.45, 2.75) is 83.6 Å². The van der Waals surface area contributed by atoms with Gasteiger partial charge in [-0.15, -0.1) is 0 Å². The number of aliphatic imine (C=N–C) groups is 1. The van der Waals surface area contributed by atoms with Crippen LogP contribution in [0.3, 0.4) is 0 Å². The van der Waals surface area contributed by atoms with E-state index in [1.165, 1.54) is 0 Å². The molecule has 148 valence electrons. The number of hydrogen-bond donors (Lipinski definition) is 4. The molecule has 0 saturated carbocycles. The number of fused-ring (bicyclic) bond motifs is 1. The lowest BCUT2D eigenvalue weighted by Crippen LogP contribution is -2.61. The molecule has 6 N–H and O–H groups in total. The van der Waals surface area contributed by atoms with Crippen LogP contribution in [0.4, 0.5) is 0 Å². The molecule has 0 aromatic carbocycles. The standard InChI is InChI=1S/C18H34N6O2/c1-10(2)9-12-14-13(15(25)23-18(3,4)5)22-11(16(26)24(12)14)7-6-8-21-17(19)20/h10-14,22H,6-9H2,1-5H3,(H,23,25)(H4,19,20,21)/t11-,12+,13+,14-,24?/m1/s1. The van der Waals surface area contributed by atoms with E-state index in [0.717, 1.165) is 6.42 Å². The van der Waals surface area contributed by atoms with E-state index < -0.39 is 0 Å². The van der Waals surface area contributed by atoms with E-state index in [4.69, 9.17) is 11.5 Å². The van der Waals surface area contributed by atoms with Crippen molar-refractivity contribution in [3.05, 3.63) is 0 Å². The molecule has 26 heavy (non-hydrogen) atoms. The van der Waals surface area contributed by atoms with E-state index in [2.05, 4.69) is 29.5 Å². The maximum atomic E-state index is 12.8. The van der Waals surface area contributed by atoms with E-state index in [-0.39, 0.29) is 47.5 Å². The van der Waals surface area contributed by atoms with Crippen LogP contribution in [-0.4, -0.2) is 58.9 Å². The lowest BCUT2D eigenvalue weighted by Gasteiger charge is -2.31. The molecule has 0 spiro atoms. The first-order chi connectivity index (χ1) is 12.0. The zero-order chi connectivity index (χ0) is 19.6. The lowest BCUT2D eigenvalue weighted by atomic mass is 9.99. The van der Waals surface area contributed by atoms with Crippen molar-refractivity contribution >= 4 is 17.8 Å². The minimum Gasteiger partial charge on any atom is -0.370 e. The number of rotatable bonds is 7. The Kier molecular flexibility index (Phi) is 6.16. The molecular formula is C18H34N6O2. The monoisotopic (exact) mass is 366 g/mol. The van der Waals surface area contributed by atoms with E-state index in [0.29, 0.717) is 25.3 Å². The Balaban J connectivity index is 2.07. The van der Waals surface area contributed by atoms with Crippen LogP contribution in [0.25, 0.3) is 0 Å². The molecule has 2 amide bonds. The molecule has 8 heteroatoms. The van der Waals surface area contributed by atoms with Crippen molar-refractivity contribution in [3.8, 4) is 0 Å². The number of guanidine groups is 1. The minimum atomic E-state index is -0.372. The Hall–Kier alpha value is -1.83. The summed E-state index contributed by atoms with van der Waals surface area (Å²) in [6.45, 7) is 10.6. The van der Waals surface area contributed by atoms with Gasteiger partial charge in [0.2, 0.25) is 11.8 Å². The van der Waals surface area contributed by atoms with Crippen LogP contribution in [0.5, 0.6) is 0 Å². The molecule has 2 fully saturated rings. The highest BCUT2D eigenvalue weighted by atomic mass is 16.2. The highest BCUT2D eigenvalue weighted by Crippen LogP contribution is 2.40. The molecule has 0 aromatic heterocycles. The molecule has 2 saturated heterocycles. The predicted molar refractivity (Wildman–Crippen MR) is 102 cm³/mol. The smallest absolute Gasteiger partial charge is 0.240 e. The average molecular weight is 367 g/mol. The summed E-state index contributed by atoms with van der Waals surface area (Å²) in [6, 6.07) is -0.633. The number of carbonyl (C=O) groups is 2. The molecule has 2 rings (SSSR count). The van der Waals surface area contributed by atoms with E-state index in [1.807, 2.05) is 25.7 Å². The molecular weight excluding hydrogens is 332 g/mol. The maximum absolute atomic E-state index is 12.8. The van der Waals surface area contributed by atoms with Crippen LogP contribution < -0.4 is 22.1 Å². The molecule has 0 radical (unpaired) electrons. The SMILES string of the molecule is CC(C)C[C@H]1[C@@H]2[C@@H](C(=O)NC(C)(C)C)N[C@H](CCCN=C(N)N)C(=O)N21. The van der Waals surface area contributed by atoms with Gasteiger partial charge in [-0.25, -0.2) is 0 Å². The van der Waals surface area contributed by atoms with Crippen LogP contribution >= 0.6 is 0 Å². The number of nitrogens with zero attached hydrogens (tertiary/aromatic N) is 2. The fourth-order valence-electron chi connectivity index (χ4n) is 3.68. The van der Waals surface area contributed by atoms with E-state index in [9.17, 15) is 9.59 Å². The molecule has 2 aliphatic heterocycles. The first kappa shape index (κ1) is 20.5. The maximum Gasteiger partial charge on any atom is 0.240 e. The summed E-state index contributed by atoms with van der Waals surface area (Å²) >= 11 is 0. The average Bonchev–Trinajstić information content (AvgIpc) is 3.17. The van der Waals surface area contributed by atoms with E-state index in [1.54, 1.807) is 0 Å². The summed E-state index contributed by atoms with van der Waals surface area (Å²) < 4.78 is 0. The molecule has 0 aromatic rings. The van der Waals surface area contributed by atoms with Gasteiger partial charge in [0.25, 0.3) is 0 Å². The van der Waals surface area contributed by atoms with Crippen molar-refractivity contribution in [1.29, 1.82) is 0 Å². The van der Waals surface area contributed by atoms with Gasteiger partial charge in [-0.05, 0) is 46.0 Å². The van der Waals surface area contributed by atoms with Gasteiger partial charge in [-0.1, -0.05) is 13.8 Å². The molecule has 0 aliphatic carbocycles. The minimum absolute atomic E-state index is 0.0405. The van der Waals surface area contributed by atoms with Crippen LogP contribution in [-0.2, 0) is 9.59 Å². The van der Waals surface area contributed by atoms with Crippen molar-refractivity contribution < 1.29 is 9.59 Å². The molecule has 8 nitrogen and oxygen atoms in total. The predicted octanol–water partition coefficient (Wildman–Crippen LogP) is -0.0794. The lowest BCUT2D eigenvalue weighted by molar-refractivity contribution is -0.133. The van der Waals surface area contributed by atoms with Crippen molar-refractivity contribution in [1.82, 2.24) is 15.5 Å². The van der Waals surface area contributed by atoms with Gasteiger partial charge in [-0.2, -0.15) is 0 Å². The van der Waals surface area contributed by atoms with Crippen LogP contribution in [0.2, 0.25) is 0 Å². The quantitative estimate of drug-likeness (QED) is 0.217. The third-order valence-corrected chi connectivity index (χ3v) is 4.70. The first-order valence-electron chi connectivity index (χ1n) is 9.47. The highest BCUT2D eigenvalue weighted by Gasteiger charge is 2.61. The molecule has 2 heterocycles. The number of piperazine rings is 1. The summed E-state index contributed by atoms with van der Waals surface area (Å²) in [6.07, 6.45) is 2.20. The topological polar surface area (TPSA) is 126 Å². The van der Waals surface area contributed by atoms with Crippen LogP contribution in [0, 0.1) is 5.92 Å². The van der Waals surface area contributed by atoms with Gasteiger partial charge in [0.05, 0.1) is 18.1 Å². The number of hydrogen-bond acceptors (Lipinski definition) is 4. The first-order valence-corrected chi connectivity index (χ1v) is 9.47. The number of nitrogens with two attached hydrogens (primary N) is 2. The summed E-state index contributed by atoms with van der Waals surface area (Å²) in [5.41, 5.74) is 10.4. The Morgan fingerprint density at radius 1 is 1.35 bits per heavy atom. The van der Waals surface area contributed by atoms with Crippen molar-refractivity contribution in [2.24, 2.45) is 22.4 Å². The summed E-state index contributed by atoms with van der Waals surface area (Å²) in [5, 5.41) is 6.34. The summed E-state index contributed by atoms with van der Waals surface area (Å²) in [7, 11) is 0. The summed E-state index contributed by atoms with van der Waals surface area (Å²) in [4.78, 5) is 31.4. The van der Waals surface area contributed by atoms with Gasteiger partial charge in [0.15, 0.2) is 5.96 Å². The van der Waals surface area contributed by atoms with Crippen LogP contribution in [0.15, 0.2) is 4.99 Å². The van der Waals surface area contributed by atoms with Gasteiger partial charge in [0.1, 0.15) is 6.04 Å². The second kappa shape index (κ2) is 7.82. The van der Waals surface area contributed by atoms with Gasteiger partial charge >= 0.3 is 0 Å². The Morgan fingerprint density at radius 2 is 2.00 bits per heavy atom. The molecule has 4 atom stereocenters. The number of nitrogens with one attached hydrogen (secondary N) is 2.